The maximum absolute atomic E-state index is 9.62. The van der Waals surface area contributed by atoms with Gasteiger partial charge in [-0.25, -0.2) is 0 Å². The maximum atomic E-state index is 9.62. The SMILES string of the molecule is CC(C)CNCC(Cc1cccc(O)c1)C1CCCC1. The van der Waals surface area contributed by atoms with Crippen molar-refractivity contribution in [2.45, 2.75) is 46.0 Å². The molecular formula is C18H29NO. The molecule has 2 rings (SSSR count). The molecule has 0 aromatic heterocycles. The number of hydrogen-bond donors (Lipinski definition) is 2. The Morgan fingerprint density at radius 1 is 1.20 bits per heavy atom. The Balaban J connectivity index is 1.94. The van der Waals surface area contributed by atoms with Crippen LogP contribution in [0.3, 0.4) is 0 Å². The van der Waals surface area contributed by atoms with Crippen molar-refractivity contribution in [3.05, 3.63) is 29.8 Å². The number of aromatic hydroxyl groups is 1. The van der Waals surface area contributed by atoms with E-state index in [-0.39, 0.29) is 0 Å². The van der Waals surface area contributed by atoms with Gasteiger partial charge in [-0.15, -0.1) is 0 Å². The molecular weight excluding hydrogens is 246 g/mol. The van der Waals surface area contributed by atoms with Gasteiger partial charge in [0.05, 0.1) is 0 Å². The molecule has 1 aliphatic carbocycles. The van der Waals surface area contributed by atoms with Crippen molar-refractivity contribution in [2.75, 3.05) is 13.1 Å². The third-order valence-electron chi connectivity index (χ3n) is 4.43. The second kappa shape index (κ2) is 7.68. The molecule has 1 aromatic carbocycles. The van der Waals surface area contributed by atoms with E-state index in [4.69, 9.17) is 0 Å². The fraction of sp³-hybridized carbons (Fsp3) is 0.667. The summed E-state index contributed by atoms with van der Waals surface area (Å²) in [7, 11) is 0. The van der Waals surface area contributed by atoms with Gasteiger partial charge < -0.3 is 10.4 Å². The van der Waals surface area contributed by atoms with Crippen LogP contribution in [0.15, 0.2) is 24.3 Å². The van der Waals surface area contributed by atoms with Crippen molar-refractivity contribution in [1.82, 2.24) is 5.32 Å². The van der Waals surface area contributed by atoms with Crippen molar-refractivity contribution in [1.29, 1.82) is 0 Å². The van der Waals surface area contributed by atoms with Gasteiger partial charge >= 0.3 is 0 Å². The van der Waals surface area contributed by atoms with Crippen LogP contribution in [-0.4, -0.2) is 18.2 Å². The minimum atomic E-state index is 0.391. The molecule has 1 atom stereocenters. The summed E-state index contributed by atoms with van der Waals surface area (Å²) in [6.07, 6.45) is 6.64. The largest absolute Gasteiger partial charge is 0.508 e. The van der Waals surface area contributed by atoms with E-state index >= 15 is 0 Å². The van der Waals surface area contributed by atoms with E-state index in [9.17, 15) is 5.11 Å². The molecule has 1 saturated carbocycles. The maximum Gasteiger partial charge on any atom is 0.115 e. The molecule has 0 amide bonds. The van der Waals surface area contributed by atoms with Crippen molar-refractivity contribution >= 4 is 0 Å². The van der Waals surface area contributed by atoms with Gasteiger partial charge in [0.15, 0.2) is 0 Å². The predicted molar refractivity (Wildman–Crippen MR) is 85.0 cm³/mol. The minimum absolute atomic E-state index is 0.391. The van der Waals surface area contributed by atoms with Gasteiger partial charge in [0.25, 0.3) is 0 Å². The number of rotatable bonds is 7. The molecule has 1 aliphatic rings. The Morgan fingerprint density at radius 2 is 1.95 bits per heavy atom. The zero-order chi connectivity index (χ0) is 14.4. The van der Waals surface area contributed by atoms with Crippen molar-refractivity contribution in [3.63, 3.8) is 0 Å². The lowest BCUT2D eigenvalue weighted by molar-refractivity contribution is 0.315. The van der Waals surface area contributed by atoms with E-state index in [2.05, 4.69) is 25.2 Å². The van der Waals surface area contributed by atoms with E-state index in [1.165, 1.54) is 31.2 Å². The number of hydrogen-bond acceptors (Lipinski definition) is 2. The molecule has 2 heteroatoms. The molecule has 0 saturated heterocycles. The van der Waals surface area contributed by atoms with Crippen LogP contribution in [0.5, 0.6) is 5.75 Å². The zero-order valence-corrected chi connectivity index (χ0v) is 12.9. The Morgan fingerprint density at radius 3 is 2.60 bits per heavy atom. The molecule has 2 nitrogen and oxygen atoms in total. The van der Waals surface area contributed by atoms with Crippen LogP contribution in [0.1, 0.15) is 45.1 Å². The average Bonchev–Trinajstić information content (AvgIpc) is 2.91. The number of nitrogens with one attached hydrogen (secondary N) is 1. The monoisotopic (exact) mass is 275 g/mol. The molecule has 1 unspecified atom stereocenters. The Labute approximate surface area is 123 Å². The summed E-state index contributed by atoms with van der Waals surface area (Å²) in [5.74, 6) is 2.66. The van der Waals surface area contributed by atoms with Gasteiger partial charge in [0.2, 0.25) is 0 Å². The molecule has 20 heavy (non-hydrogen) atoms. The highest BCUT2D eigenvalue weighted by molar-refractivity contribution is 5.27. The van der Waals surface area contributed by atoms with E-state index < -0.39 is 0 Å². The molecule has 1 aromatic rings. The fourth-order valence-electron chi connectivity index (χ4n) is 3.38. The fourth-order valence-corrected chi connectivity index (χ4v) is 3.38. The van der Waals surface area contributed by atoms with Crippen LogP contribution < -0.4 is 5.32 Å². The van der Waals surface area contributed by atoms with Gasteiger partial charge in [-0.1, -0.05) is 51.7 Å². The second-order valence-electron chi connectivity index (χ2n) is 6.73. The lowest BCUT2D eigenvalue weighted by Gasteiger charge is -2.24. The quantitative estimate of drug-likeness (QED) is 0.788. The summed E-state index contributed by atoms with van der Waals surface area (Å²) in [5, 5.41) is 13.3. The summed E-state index contributed by atoms with van der Waals surface area (Å²) < 4.78 is 0. The van der Waals surface area contributed by atoms with Crippen LogP contribution >= 0.6 is 0 Å². The smallest absolute Gasteiger partial charge is 0.115 e. The Hall–Kier alpha value is -1.02. The lowest BCUT2D eigenvalue weighted by Crippen LogP contribution is -2.31. The first-order chi connectivity index (χ1) is 9.65. The van der Waals surface area contributed by atoms with Crippen LogP contribution in [0.4, 0.5) is 0 Å². The van der Waals surface area contributed by atoms with E-state index in [1.807, 2.05) is 12.1 Å². The van der Waals surface area contributed by atoms with Crippen molar-refractivity contribution in [3.8, 4) is 5.75 Å². The molecule has 2 N–H and O–H groups in total. The predicted octanol–water partition coefficient (Wildman–Crippen LogP) is 3.99. The van der Waals surface area contributed by atoms with E-state index in [0.717, 1.165) is 25.4 Å². The van der Waals surface area contributed by atoms with Crippen LogP contribution in [-0.2, 0) is 6.42 Å². The third-order valence-corrected chi connectivity index (χ3v) is 4.43. The third kappa shape index (κ3) is 4.82. The zero-order valence-electron chi connectivity index (χ0n) is 12.9. The molecule has 0 radical (unpaired) electrons. The van der Waals surface area contributed by atoms with Gasteiger partial charge in [-0.05, 0) is 55.0 Å². The lowest BCUT2D eigenvalue weighted by atomic mass is 9.85. The van der Waals surface area contributed by atoms with Gasteiger partial charge in [0, 0.05) is 0 Å². The van der Waals surface area contributed by atoms with E-state index in [0.29, 0.717) is 17.6 Å². The highest BCUT2D eigenvalue weighted by Gasteiger charge is 2.25. The normalized spacial score (nSPS) is 17.8. The topological polar surface area (TPSA) is 32.3 Å². The molecule has 0 heterocycles. The first-order valence-corrected chi connectivity index (χ1v) is 8.13. The van der Waals surface area contributed by atoms with Gasteiger partial charge in [-0.2, -0.15) is 0 Å². The number of benzene rings is 1. The van der Waals surface area contributed by atoms with Gasteiger partial charge in [-0.3, -0.25) is 0 Å². The van der Waals surface area contributed by atoms with Crippen LogP contribution in [0.25, 0.3) is 0 Å². The summed E-state index contributed by atoms with van der Waals surface area (Å²) in [6.45, 7) is 6.72. The summed E-state index contributed by atoms with van der Waals surface area (Å²) >= 11 is 0. The van der Waals surface area contributed by atoms with Gasteiger partial charge in [0.1, 0.15) is 5.75 Å². The van der Waals surface area contributed by atoms with E-state index in [1.54, 1.807) is 6.07 Å². The standard InChI is InChI=1S/C18H29NO/c1-14(2)12-19-13-17(16-7-3-4-8-16)10-15-6-5-9-18(20)11-15/h5-6,9,11,14,16-17,19-20H,3-4,7-8,10,12-13H2,1-2H3. The highest BCUT2D eigenvalue weighted by Crippen LogP contribution is 2.33. The average molecular weight is 275 g/mol. The molecule has 1 fully saturated rings. The number of phenols is 1. The Bertz CT molecular complexity index is 396. The van der Waals surface area contributed by atoms with Crippen LogP contribution in [0, 0.1) is 17.8 Å². The second-order valence-corrected chi connectivity index (χ2v) is 6.73. The first kappa shape index (κ1) is 15.4. The highest BCUT2D eigenvalue weighted by atomic mass is 16.3. The van der Waals surface area contributed by atoms with Crippen LogP contribution in [0.2, 0.25) is 0 Å². The molecule has 0 bridgehead atoms. The number of phenolic OH excluding ortho intramolecular Hbond substituents is 1. The minimum Gasteiger partial charge on any atom is -0.508 e. The Kier molecular flexibility index (Phi) is 5.90. The summed E-state index contributed by atoms with van der Waals surface area (Å²) in [4.78, 5) is 0. The summed E-state index contributed by atoms with van der Waals surface area (Å²) in [5.41, 5.74) is 1.27. The molecule has 112 valence electrons. The molecule has 0 spiro atoms. The van der Waals surface area contributed by atoms with Crippen molar-refractivity contribution < 1.29 is 5.11 Å². The molecule has 0 aliphatic heterocycles. The first-order valence-electron chi connectivity index (χ1n) is 8.13. The van der Waals surface area contributed by atoms with Crippen molar-refractivity contribution in [2.24, 2.45) is 17.8 Å². The summed E-state index contributed by atoms with van der Waals surface area (Å²) in [6, 6.07) is 7.78.